The first-order chi connectivity index (χ1) is 22.4. The number of aromatic nitrogens is 2. The van der Waals surface area contributed by atoms with Crippen molar-refractivity contribution in [2.24, 2.45) is 0 Å². The number of sulfonamides is 1. The quantitative estimate of drug-likeness (QED) is 0.284. The van der Waals surface area contributed by atoms with Gasteiger partial charge in [-0.2, -0.15) is 14.3 Å². The Morgan fingerprint density at radius 1 is 1.17 bits per heavy atom. The van der Waals surface area contributed by atoms with Gasteiger partial charge in [0.1, 0.15) is 18.0 Å². The van der Waals surface area contributed by atoms with E-state index in [1.54, 1.807) is 0 Å². The van der Waals surface area contributed by atoms with Crippen LogP contribution in [0.2, 0.25) is 0 Å². The van der Waals surface area contributed by atoms with Crippen LogP contribution in [-0.2, 0) is 23.0 Å². The van der Waals surface area contributed by atoms with Gasteiger partial charge in [-0.25, -0.2) is 23.8 Å². The molecule has 0 N–H and O–H groups in total. The molecular weight excluding hydrogens is 624 g/mol. The van der Waals surface area contributed by atoms with Crippen LogP contribution in [0.1, 0.15) is 36.6 Å². The predicted molar refractivity (Wildman–Crippen MR) is 179 cm³/mol. The summed E-state index contributed by atoms with van der Waals surface area (Å²) in [5.74, 6) is -1.92. The monoisotopic (exact) mass is 665 g/mol. The van der Waals surface area contributed by atoms with Crippen LogP contribution < -0.4 is 14.5 Å². The molecule has 250 valence electrons. The predicted octanol–water partition coefficient (Wildman–Crippen LogP) is 4.88. The number of benzene rings is 2. The molecule has 2 atom stereocenters. The molecule has 2 aliphatic heterocycles. The number of fused-ring (bicyclic) bond motifs is 2. The molecule has 1 saturated heterocycles. The molecule has 2 aromatic carbocycles. The molecule has 3 aliphatic rings. The second-order valence-corrected chi connectivity index (χ2v) is 14.8. The number of rotatable bonds is 10. The molecule has 3 aromatic rings. The lowest BCUT2D eigenvalue weighted by Crippen LogP contribution is -2.56. The molecule has 10 nitrogen and oxygen atoms in total. The van der Waals surface area contributed by atoms with Gasteiger partial charge in [0, 0.05) is 73.7 Å². The smallest absolute Gasteiger partial charge is 0.318 e. The second-order valence-electron chi connectivity index (χ2n) is 12.9. The van der Waals surface area contributed by atoms with E-state index in [9.17, 15) is 17.2 Å². The molecule has 1 aromatic heterocycles. The van der Waals surface area contributed by atoms with Crippen molar-refractivity contribution >= 4 is 32.3 Å². The average Bonchev–Trinajstić information content (AvgIpc) is 3.02. The number of hydrogen-bond donors (Lipinski definition) is 0. The van der Waals surface area contributed by atoms with E-state index in [-0.39, 0.29) is 44.1 Å². The van der Waals surface area contributed by atoms with Gasteiger partial charge in [-0.15, -0.1) is 0 Å². The highest BCUT2D eigenvalue weighted by atomic mass is 32.2. The van der Waals surface area contributed by atoms with Crippen molar-refractivity contribution in [3.8, 4) is 6.01 Å². The third-order valence-electron chi connectivity index (χ3n) is 9.57. The van der Waals surface area contributed by atoms with Gasteiger partial charge in [0.25, 0.3) is 5.92 Å². The largest absolute Gasteiger partial charge is 0.459 e. The first-order valence-electron chi connectivity index (χ1n) is 16.0. The Labute approximate surface area is 275 Å². The maximum absolute atomic E-state index is 13.5. The van der Waals surface area contributed by atoms with Gasteiger partial charge >= 0.3 is 6.01 Å². The minimum Gasteiger partial charge on any atom is -0.459 e. The number of ether oxygens (including phenoxy) is 1. The van der Waals surface area contributed by atoms with Gasteiger partial charge in [-0.05, 0) is 44.3 Å². The number of alkyl halides is 2. The molecule has 13 heteroatoms. The van der Waals surface area contributed by atoms with Crippen molar-refractivity contribution in [2.45, 2.75) is 63.8 Å². The highest BCUT2D eigenvalue weighted by molar-refractivity contribution is 7.92. The third-order valence-corrected chi connectivity index (χ3v) is 11.1. The minimum atomic E-state index is -3.71. The summed E-state index contributed by atoms with van der Waals surface area (Å²) in [6.45, 7) is 17.5. The third kappa shape index (κ3) is 6.77. The van der Waals surface area contributed by atoms with Gasteiger partial charge < -0.3 is 19.4 Å². The van der Waals surface area contributed by atoms with E-state index < -0.39 is 22.0 Å². The molecular formula is C34H41F2N7O3S. The highest BCUT2D eigenvalue weighted by Gasteiger charge is 2.47. The van der Waals surface area contributed by atoms with Crippen LogP contribution in [0.5, 0.6) is 6.01 Å². The Hall–Kier alpha value is -3.86. The fourth-order valence-corrected chi connectivity index (χ4v) is 8.18. The maximum atomic E-state index is 13.5. The fraction of sp³-hybridized carbons (Fsp3) is 0.500. The minimum absolute atomic E-state index is 0.0119. The summed E-state index contributed by atoms with van der Waals surface area (Å²) in [4.78, 5) is 19.6. The number of hydrogen-bond acceptors (Lipinski definition) is 8. The first kappa shape index (κ1) is 33.1. The van der Waals surface area contributed by atoms with Crippen molar-refractivity contribution in [3.05, 3.63) is 76.6 Å². The van der Waals surface area contributed by atoms with E-state index in [4.69, 9.17) is 21.3 Å². The fourth-order valence-electron chi connectivity index (χ4n) is 7.11. The molecule has 0 unspecified atom stereocenters. The van der Waals surface area contributed by atoms with Crippen LogP contribution in [0.15, 0.2) is 48.4 Å². The van der Waals surface area contributed by atoms with E-state index in [0.717, 1.165) is 28.9 Å². The van der Waals surface area contributed by atoms with Crippen molar-refractivity contribution in [3.63, 3.8) is 0 Å². The van der Waals surface area contributed by atoms with Crippen LogP contribution in [0.4, 0.5) is 20.3 Å². The summed E-state index contributed by atoms with van der Waals surface area (Å²) in [5, 5.41) is 3.30. The van der Waals surface area contributed by atoms with Crippen molar-refractivity contribution in [1.29, 1.82) is 0 Å². The zero-order valence-corrected chi connectivity index (χ0v) is 27.9. The molecule has 2 fully saturated rings. The Bertz CT molecular complexity index is 1800. The Morgan fingerprint density at radius 2 is 1.91 bits per heavy atom. The van der Waals surface area contributed by atoms with Crippen molar-refractivity contribution in [2.75, 3.05) is 56.1 Å². The number of anilines is 2. The zero-order valence-electron chi connectivity index (χ0n) is 27.1. The van der Waals surface area contributed by atoms with Crippen LogP contribution in [0, 0.1) is 13.5 Å². The van der Waals surface area contributed by atoms with Crippen LogP contribution in [0.3, 0.4) is 0 Å². The lowest BCUT2D eigenvalue weighted by Gasteiger charge is -2.41. The number of likely N-dealkylation sites (N-methyl/N-ethyl adjacent to an activating group) is 1. The number of aryl methyl sites for hydroxylation is 1. The van der Waals surface area contributed by atoms with E-state index >= 15 is 0 Å². The van der Waals surface area contributed by atoms with Crippen molar-refractivity contribution < 1.29 is 21.9 Å². The summed E-state index contributed by atoms with van der Waals surface area (Å²) in [6, 6.07) is 12.0. The summed E-state index contributed by atoms with van der Waals surface area (Å²) in [6.07, 6.45) is -0.0122. The molecule has 1 aliphatic carbocycles. The summed E-state index contributed by atoms with van der Waals surface area (Å²) >= 11 is 0. The lowest BCUT2D eigenvalue weighted by atomic mass is 9.87. The summed E-state index contributed by atoms with van der Waals surface area (Å²) in [7, 11) is -1.88. The van der Waals surface area contributed by atoms with Crippen LogP contribution in [-0.4, -0.2) is 98.0 Å². The van der Waals surface area contributed by atoms with Gasteiger partial charge in [-0.1, -0.05) is 36.9 Å². The molecule has 3 heterocycles. The van der Waals surface area contributed by atoms with E-state index in [1.165, 1.54) is 20.6 Å². The van der Waals surface area contributed by atoms with Crippen molar-refractivity contribution in [1.82, 2.24) is 19.2 Å². The SMILES string of the molecule is [C-]#[N+]C[C@H]1CN(c2nc(O[C@@H](C)CN(C)C3CC(F)(F)C3)nc3c2CCN(c2cccc4cccc(C)c24)C3)CCN1S(=O)(=O)C=C. The Morgan fingerprint density at radius 3 is 2.62 bits per heavy atom. The maximum Gasteiger partial charge on any atom is 0.318 e. The molecule has 6 rings (SSSR count). The van der Waals surface area contributed by atoms with E-state index in [1.807, 2.05) is 23.8 Å². The summed E-state index contributed by atoms with van der Waals surface area (Å²) in [5.41, 5.74) is 4.12. The second kappa shape index (κ2) is 13.0. The number of nitrogens with zero attached hydrogens (tertiary/aromatic N) is 7. The molecule has 0 spiro atoms. The molecule has 1 saturated carbocycles. The topological polar surface area (TPSA) is 86.5 Å². The molecule has 0 bridgehead atoms. The van der Waals surface area contributed by atoms with E-state index in [0.29, 0.717) is 38.4 Å². The molecule has 0 radical (unpaired) electrons. The molecule has 0 amide bonds. The van der Waals surface area contributed by atoms with Gasteiger partial charge in [0.05, 0.1) is 12.2 Å². The van der Waals surface area contributed by atoms with E-state index in [2.05, 4.69) is 59.6 Å². The Balaban J connectivity index is 1.32. The Kier molecular flexibility index (Phi) is 9.13. The van der Waals surface area contributed by atoms with Crippen LogP contribution in [0.25, 0.3) is 15.6 Å². The normalized spacial score (nSPS) is 20.8. The number of piperazine rings is 1. The van der Waals surface area contributed by atoms with Gasteiger partial charge in [0.2, 0.25) is 16.6 Å². The van der Waals surface area contributed by atoms with Gasteiger partial charge in [0.15, 0.2) is 0 Å². The van der Waals surface area contributed by atoms with Crippen LogP contribution >= 0.6 is 0 Å². The molecule has 47 heavy (non-hydrogen) atoms. The van der Waals surface area contributed by atoms with Gasteiger partial charge in [-0.3, -0.25) is 4.90 Å². The first-order valence-corrected chi connectivity index (χ1v) is 17.5. The standard InChI is InChI=1S/C34H41F2N7O3S/c1-6-47(44,45)43-16-15-42(21-27(43)19-37-4)32-28-13-14-41(30-12-8-11-25-10-7-9-23(2)31(25)30)22-29(28)38-33(39-32)46-24(3)20-40(5)26-17-34(35,36)18-26/h6-12,24,26-27H,1,13-22H2,2-3,5H3/t24-,27-/m0/s1. The lowest BCUT2D eigenvalue weighted by molar-refractivity contribution is -0.122. The number of halogens is 2. The zero-order chi connectivity index (χ0) is 33.5. The highest BCUT2D eigenvalue weighted by Crippen LogP contribution is 2.40. The summed E-state index contributed by atoms with van der Waals surface area (Å²) < 4.78 is 60.2. The average molecular weight is 666 g/mol.